The number of halogens is 1. The summed E-state index contributed by atoms with van der Waals surface area (Å²) in [7, 11) is 0. The number of alkyl halides is 1. The molecule has 0 aliphatic carbocycles. The molecule has 3 N–H and O–H groups in total. The van der Waals surface area contributed by atoms with E-state index in [1.165, 1.54) is 5.56 Å². The van der Waals surface area contributed by atoms with Gasteiger partial charge in [-0.05, 0) is 29.7 Å². The molecule has 23 heavy (non-hydrogen) atoms. The van der Waals surface area contributed by atoms with E-state index < -0.39 is 12.0 Å². The second kappa shape index (κ2) is 8.56. The lowest BCUT2D eigenvalue weighted by Crippen LogP contribution is -2.32. The van der Waals surface area contributed by atoms with E-state index in [0.29, 0.717) is 12.3 Å². The Labute approximate surface area is 141 Å². The van der Waals surface area contributed by atoms with E-state index in [-0.39, 0.29) is 0 Å². The Morgan fingerprint density at radius 3 is 2.30 bits per heavy atom. The largest absolute Gasteiger partial charge is 0.480 e. The monoisotopic (exact) mass is 332 g/mol. The number of carboxylic acids is 1. The van der Waals surface area contributed by atoms with Crippen LogP contribution in [0.4, 0.5) is 5.69 Å². The van der Waals surface area contributed by atoms with Crippen molar-refractivity contribution in [2.24, 2.45) is 5.73 Å². The second-order valence-corrected chi connectivity index (χ2v) is 5.79. The van der Waals surface area contributed by atoms with Crippen molar-refractivity contribution in [2.75, 3.05) is 17.3 Å². The average Bonchev–Trinajstić information content (AvgIpc) is 2.56. The van der Waals surface area contributed by atoms with Crippen LogP contribution in [0.5, 0.6) is 0 Å². The molecule has 0 heterocycles. The molecule has 0 aliphatic heterocycles. The van der Waals surface area contributed by atoms with Gasteiger partial charge >= 0.3 is 5.97 Å². The normalized spacial score (nSPS) is 11.9. The summed E-state index contributed by atoms with van der Waals surface area (Å²) in [4.78, 5) is 13.0. The first-order valence-electron chi connectivity index (χ1n) is 7.52. The molecule has 0 radical (unpaired) electrons. The van der Waals surface area contributed by atoms with Crippen molar-refractivity contribution in [2.45, 2.75) is 19.0 Å². The SMILES string of the molecule is N[C@H](Cc1ccc(N(CCCl)Cc2ccccc2)cc1)C(=O)O. The van der Waals surface area contributed by atoms with E-state index in [0.717, 1.165) is 24.3 Å². The summed E-state index contributed by atoms with van der Waals surface area (Å²) in [5.74, 6) is -0.444. The van der Waals surface area contributed by atoms with Gasteiger partial charge in [0.05, 0.1) is 0 Å². The molecule has 0 aromatic heterocycles. The minimum Gasteiger partial charge on any atom is -0.480 e. The van der Waals surface area contributed by atoms with Crippen molar-refractivity contribution < 1.29 is 9.90 Å². The van der Waals surface area contributed by atoms with Crippen molar-refractivity contribution in [3.05, 3.63) is 65.7 Å². The standard InChI is InChI=1S/C18H21ClN2O2/c19-10-11-21(13-15-4-2-1-3-5-15)16-8-6-14(7-9-16)12-17(20)18(22)23/h1-9,17H,10-13,20H2,(H,22,23)/t17-/m1/s1. The smallest absolute Gasteiger partial charge is 0.320 e. The van der Waals surface area contributed by atoms with Crippen LogP contribution >= 0.6 is 11.6 Å². The van der Waals surface area contributed by atoms with Gasteiger partial charge in [0.2, 0.25) is 0 Å². The molecule has 5 heteroatoms. The van der Waals surface area contributed by atoms with Gasteiger partial charge in [-0.3, -0.25) is 4.79 Å². The number of rotatable bonds is 8. The Morgan fingerprint density at radius 1 is 1.09 bits per heavy atom. The zero-order valence-corrected chi connectivity index (χ0v) is 13.6. The molecule has 0 bridgehead atoms. The van der Waals surface area contributed by atoms with E-state index in [9.17, 15) is 4.79 Å². The van der Waals surface area contributed by atoms with E-state index in [2.05, 4.69) is 17.0 Å². The van der Waals surface area contributed by atoms with E-state index in [1.54, 1.807) is 0 Å². The van der Waals surface area contributed by atoms with Gasteiger partial charge in [0, 0.05) is 24.7 Å². The minimum atomic E-state index is -0.984. The molecule has 2 aromatic carbocycles. The number of nitrogens with two attached hydrogens (primary N) is 1. The first-order valence-corrected chi connectivity index (χ1v) is 8.05. The maximum Gasteiger partial charge on any atom is 0.320 e. The molecule has 0 fully saturated rings. The fraction of sp³-hybridized carbons (Fsp3) is 0.278. The maximum atomic E-state index is 10.8. The zero-order valence-electron chi connectivity index (χ0n) is 12.9. The molecule has 4 nitrogen and oxygen atoms in total. The van der Waals surface area contributed by atoms with Crippen LogP contribution in [0.25, 0.3) is 0 Å². The predicted octanol–water partition coefficient (Wildman–Crippen LogP) is 2.89. The lowest BCUT2D eigenvalue weighted by Gasteiger charge is -2.24. The van der Waals surface area contributed by atoms with E-state index >= 15 is 0 Å². The minimum absolute atomic E-state index is 0.323. The van der Waals surface area contributed by atoms with Crippen molar-refractivity contribution in [1.29, 1.82) is 0 Å². The first kappa shape index (κ1) is 17.3. The molecular formula is C18H21ClN2O2. The van der Waals surface area contributed by atoms with Crippen molar-refractivity contribution in [3.63, 3.8) is 0 Å². The summed E-state index contributed by atoms with van der Waals surface area (Å²) in [6.07, 6.45) is 0.323. The molecule has 0 saturated carbocycles. The summed E-state index contributed by atoms with van der Waals surface area (Å²) in [6.45, 7) is 1.52. The molecule has 0 spiro atoms. The van der Waals surface area contributed by atoms with Crippen LogP contribution in [0.3, 0.4) is 0 Å². The highest BCUT2D eigenvalue weighted by molar-refractivity contribution is 6.18. The lowest BCUT2D eigenvalue weighted by molar-refractivity contribution is -0.138. The fourth-order valence-corrected chi connectivity index (χ4v) is 2.59. The Kier molecular flexibility index (Phi) is 6.44. The van der Waals surface area contributed by atoms with Gasteiger partial charge in [0.25, 0.3) is 0 Å². The van der Waals surface area contributed by atoms with Gasteiger partial charge in [-0.1, -0.05) is 42.5 Å². The number of carboxylic acid groups (broad SMARTS) is 1. The maximum absolute atomic E-state index is 10.8. The fourth-order valence-electron chi connectivity index (χ4n) is 2.39. The topological polar surface area (TPSA) is 66.6 Å². The Balaban J connectivity index is 2.08. The van der Waals surface area contributed by atoms with Crippen LogP contribution in [0.1, 0.15) is 11.1 Å². The van der Waals surface area contributed by atoms with Crippen LogP contribution in [-0.4, -0.2) is 29.5 Å². The van der Waals surface area contributed by atoms with Crippen LogP contribution < -0.4 is 10.6 Å². The third kappa shape index (κ3) is 5.27. The summed E-state index contributed by atoms with van der Waals surface area (Å²) >= 11 is 5.92. The van der Waals surface area contributed by atoms with Crippen molar-refractivity contribution >= 4 is 23.3 Å². The third-order valence-electron chi connectivity index (χ3n) is 3.64. The molecule has 122 valence electrons. The number of anilines is 1. The first-order chi connectivity index (χ1) is 11.1. The van der Waals surface area contributed by atoms with E-state index in [4.69, 9.17) is 22.4 Å². The van der Waals surface area contributed by atoms with Crippen LogP contribution in [0, 0.1) is 0 Å². The van der Waals surface area contributed by atoms with Crippen molar-refractivity contribution in [1.82, 2.24) is 0 Å². The van der Waals surface area contributed by atoms with Gasteiger partial charge in [-0.15, -0.1) is 11.6 Å². The molecule has 1 atom stereocenters. The quantitative estimate of drug-likeness (QED) is 0.729. The zero-order chi connectivity index (χ0) is 16.7. The highest BCUT2D eigenvalue weighted by Crippen LogP contribution is 2.19. The van der Waals surface area contributed by atoms with Crippen LogP contribution in [0.15, 0.2) is 54.6 Å². The molecule has 0 unspecified atom stereocenters. The molecule has 0 aliphatic rings. The number of benzene rings is 2. The van der Waals surface area contributed by atoms with Gasteiger partial charge in [0.1, 0.15) is 6.04 Å². The summed E-state index contributed by atoms with van der Waals surface area (Å²) in [5.41, 5.74) is 8.75. The average molecular weight is 333 g/mol. The van der Waals surface area contributed by atoms with Crippen LogP contribution in [0.2, 0.25) is 0 Å². The summed E-state index contributed by atoms with van der Waals surface area (Å²) in [6, 6.07) is 17.1. The third-order valence-corrected chi connectivity index (χ3v) is 3.81. The molecular weight excluding hydrogens is 312 g/mol. The van der Waals surface area contributed by atoms with Crippen molar-refractivity contribution in [3.8, 4) is 0 Å². The lowest BCUT2D eigenvalue weighted by atomic mass is 10.1. The second-order valence-electron chi connectivity index (χ2n) is 5.41. The van der Waals surface area contributed by atoms with Crippen LogP contribution in [-0.2, 0) is 17.8 Å². The Hall–Kier alpha value is -2.04. The number of aliphatic carboxylic acids is 1. The summed E-state index contributed by atoms with van der Waals surface area (Å²) < 4.78 is 0. The number of hydrogen-bond acceptors (Lipinski definition) is 3. The van der Waals surface area contributed by atoms with Gasteiger partial charge in [0.15, 0.2) is 0 Å². The van der Waals surface area contributed by atoms with Gasteiger partial charge < -0.3 is 15.7 Å². The number of carbonyl (C=O) groups is 1. The molecule has 0 saturated heterocycles. The van der Waals surface area contributed by atoms with Gasteiger partial charge in [-0.2, -0.15) is 0 Å². The molecule has 2 rings (SSSR count). The number of nitrogens with zero attached hydrogens (tertiary/aromatic N) is 1. The molecule has 0 amide bonds. The van der Waals surface area contributed by atoms with Gasteiger partial charge in [-0.25, -0.2) is 0 Å². The Bertz CT molecular complexity index is 617. The predicted molar refractivity (Wildman–Crippen MR) is 94.0 cm³/mol. The Morgan fingerprint density at radius 2 is 1.74 bits per heavy atom. The highest BCUT2D eigenvalue weighted by Gasteiger charge is 2.12. The molecule has 2 aromatic rings. The van der Waals surface area contributed by atoms with E-state index in [1.807, 2.05) is 42.5 Å². The number of hydrogen-bond donors (Lipinski definition) is 2. The summed E-state index contributed by atoms with van der Waals surface area (Å²) in [5, 5.41) is 8.87. The highest BCUT2D eigenvalue weighted by atomic mass is 35.5.